The van der Waals surface area contributed by atoms with Crippen LogP contribution in [-0.4, -0.2) is 0 Å². The first-order valence-corrected chi connectivity index (χ1v) is 23.1. The Bertz CT molecular complexity index is 3460. The number of anilines is 6. The van der Waals surface area contributed by atoms with Crippen LogP contribution in [0.15, 0.2) is 243 Å². The lowest BCUT2D eigenvalue weighted by atomic mass is 9.70. The zero-order valence-corrected chi connectivity index (χ0v) is 37.0. The molecule has 0 heterocycles. The van der Waals surface area contributed by atoms with Gasteiger partial charge in [-0.3, -0.25) is 0 Å². The first-order valence-electron chi connectivity index (χ1n) is 23.1. The maximum absolute atomic E-state index is 2.52. The van der Waals surface area contributed by atoms with E-state index in [4.69, 9.17) is 0 Å². The molecule has 10 aromatic rings. The number of nitrogens with zero attached hydrogens (tertiary/aromatic N) is 2. The summed E-state index contributed by atoms with van der Waals surface area (Å²) >= 11 is 0. The van der Waals surface area contributed by atoms with E-state index in [9.17, 15) is 0 Å². The van der Waals surface area contributed by atoms with Crippen LogP contribution in [0.3, 0.4) is 0 Å². The van der Waals surface area contributed by atoms with Gasteiger partial charge in [0.05, 0.1) is 5.41 Å². The van der Waals surface area contributed by atoms with Crippen molar-refractivity contribution in [1.82, 2.24) is 0 Å². The third-order valence-corrected chi connectivity index (χ3v) is 14.6. The molecule has 0 saturated heterocycles. The molecule has 13 rings (SSSR count). The van der Waals surface area contributed by atoms with Gasteiger partial charge in [0.2, 0.25) is 0 Å². The van der Waals surface area contributed by atoms with Crippen molar-refractivity contribution >= 4 is 34.1 Å². The topological polar surface area (TPSA) is 6.48 Å². The quantitative estimate of drug-likeness (QED) is 0.158. The molecule has 0 amide bonds. The van der Waals surface area contributed by atoms with Gasteiger partial charge in [0.1, 0.15) is 0 Å². The summed E-state index contributed by atoms with van der Waals surface area (Å²) in [6, 6.07) is 90.1. The molecular weight excluding hydrogens is 797 g/mol. The van der Waals surface area contributed by atoms with Crippen LogP contribution in [0.2, 0.25) is 0 Å². The summed E-state index contributed by atoms with van der Waals surface area (Å²) in [7, 11) is 0. The van der Waals surface area contributed by atoms with Crippen molar-refractivity contribution in [2.24, 2.45) is 0 Å². The Morgan fingerprint density at radius 1 is 0.242 bits per heavy atom. The highest BCUT2D eigenvalue weighted by Gasteiger charge is 2.52. The minimum absolute atomic E-state index is 0.147. The van der Waals surface area contributed by atoms with E-state index in [1.165, 1.54) is 77.9 Å². The number of para-hydroxylation sites is 2. The van der Waals surface area contributed by atoms with Gasteiger partial charge in [-0.1, -0.05) is 184 Å². The van der Waals surface area contributed by atoms with Crippen LogP contribution in [0, 0.1) is 0 Å². The summed E-state index contributed by atoms with van der Waals surface area (Å²) < 4.78 is 0. The molecule has 0 N–H and O–H groups in total. The molecule has 10 aromatic carbocycles. The van der Waals surface area contributed by atoms with E-state index in [1.807, 2.05) is 0 Å². The van der Waals surface area contributed by atoms with Gasteiger partial charge in [-0.15, -0.1) is 0 Å². The monoisotopic (exact) mass is 842 g/mol. The zero-order valence-electron chi connectivity index (χ0n) is 37.0. The molecule has 0 aromatic heterocycles. The van der Waals surface area contributed by atoms with Crippen molar-refractivity contribution in [2.75, 3.05) is 9.80 Å². The van der Waals surface area contributed by atoms with Gasteiger partial charge in [-0.05, 0) is 151 Å². The minimum Gasteiger partial charge on any atom is -0.310 e. The van der Waals surface area contributed by atoms with Gasteiger partial charge >= 0.3 is 0 Å². The van der Waals surface area contributed by atoms with Crippen molar-refractivity contribution in [2.45, 2.75) is 24.7 Å². The minimum atomic E-state index is -0.567. The van der Waals surface area contributed by atoms with Gasteiger partial charge in [0, 0.05) is 39.5 Å². The molecule has 2 heteroatoms. The van der Waals surface area contributed by atoms with E-state index < -0.39 is 5.41 Å². The highest BCUT2D eigenvalue weighted by Crippen LogP contribution is 2.64. The smallest absolute Gasteiger partial charge is 0.0727 e. The SMILES string of the molecule is CC1(C)c2ccccc2-c2ccc(N(c3cccc(-c4ccccc4)c3)c3ccc4c(c3)C3(c5ccccc5-c5ccc(N(c6ccccc6)c6ccccc6)cc53)c3ccccc3-4)cc21. The summed E-state index contributed by atoms with van der Waals surface area (Å²) in [5.74, 6) is 0. The fraction of sp³-hybridized carbons (Fsp3) is 0.0625. The molecule has 1 spiro atoms. The molecule has 66 heavy (non-hydrogen) atoms. The Morgan fingerprint density at radius 3 is 1.12 bits per heavy atom. The van der Waals surface area contributed by atoms with Crippen LogP contribution in [-0.2, 0) is 10.8 Å². The molecule has 1 atom stereocenters. The molecule has 0 bridgehead atoms. The van der Waals surface area contributed by atoms with Crippen LogP contribution in [0.4, 0.5) is 34.1 Å². The number of hydrogen-bond donors (Lipinski definition) is 0. The second-order valence-corrected chi connectivity index (χ2v) is 18.5. The molecule has 0 saturated carbocycles. The van der Waals surface area contributed by atoms with Crippen LogP contribution in [0.5, 0.6) is 0 Å². The summed E-state index contributed by atoms with van der Waals surface area (Å²) in [5.41, 5.74) is 24.1. The largest absolute Gasteiger partial charge is 0.310 e. The van der Waals surface area contributed by atoms with Crippen LogP contribution < -0.4 is 9.80 Å². The Balaban J connectivity index is 1.06. The van der Waals surface area contributed by atoms with Gasteiger partial charge in [-0.2, -0.15) is 0 Å². The first-order chi connectivity index (χ1) is 32.5. The molecule has 1 unspecified atom stereocenters. The highest BCUT2D eigenvalue weighted by molar-refractivity contribution is 5.98. The molecule has 3 aliphatic carbocycles. The Labute approximate surface area is 387 Å². The predicted octanol–water partition coefficient (Wildman–Crippen LogP) is 16.9. The maximum Gasteiger partial charge on any atom is 0.0727 e. The van der Waals surface area contributed by atoms with Crippen molar-refractivity contribution in [3.63, 3.8) is 0 Å². The second-order valence-electron chi connectivity index (χ2n) is 18.5. The van der Waals surface area contributed by atoms with E-state index in [-0.39, 0.29) is 5.41 Å². The molecule has 312 valence electrons. The number of hydrogen-bond acceptors (Lipinski definition) is 2. The molecule has 0 aliphatic heterocycles. The zero-order chi connectivity index (χ0) is 44.0. The van der Waals surface area contributed by atoms with Gasteiger partial charge in [-0.25, -0.2) is 0 Å². The molecule has 0 fully saturated rings. The fourth-order valence-electron chi connectivity index (χ4n) is 11.7. The molecule has 0 radical (unpaired) electrons. The Hall–Kier alpha value is -8.20. The van der Waals surface area contributed by atoms with Crippen LogP contribution in [0.1, 0.15) is 47.2 Å². The molecule has 2 nitrogen and oxygen atoms in total. The lowest BCUT2D eigenvalue weighted by Crippen LogP contribution is -2.26. The lowest BCUT2D eigenvalue weighted by molar-refractivity contribution is 0.660. The summed E-state index contributed by atoms with van der Waals surface area (Å²) in [5, 5.41) is 0. The number of fused-ring (bicyclic) bond motifs is 13. The highest BCUT2D eigenvalue weighted by atomic mass is 15.1. The third kappa shape index (κ3) is 5.55. The van der Waals surface area contributed by atoms with Crippen molar-refractivity contribution < 1.29 is 0 Å². The summed E-state index contributed by atoms with van der Waals surface area (Å²) in [6.07, 6.45) is 0. The molecule has 3 aliphatic rings. The van der Waals surface area contributed by atoms with Crippen molar-refractivity contribution in [3.8, 4) is 44.5 Å². The van der Waals surface area contributed by atoms with Crippen molar-refractivity contribution in [1.29, 1.82) is 0 Å². The standard InChI is InChI=1S/C64H46N2/c1-63(2)57-30-15-12-27-51(57)54-36-33-48(40-60(54)63)66(47-26-18-21-44(39-47)43-19-6-3-7-20-43)50-35-38-56-53-29-14-17-32-59(53)64(62(56)42-50)58-31-16-13-28-52(58)55-37-34-49(41-61(55)64)65(45-22-8-4-9-23-45)46-24-10-5-11-25-46/h3-42H,1-2H3. The Morgan fingerprint density at radius 2 is 0.591 bits per heavy atom. The number of benzene rings is 10. The van der Waals surface area contributed by atoms with Crippen molar-refractivity contribution in [3.05, 3.63) is 276 Å². The van der Waals surface area contributed by atoms with E-state index in [1.54, 1.807) is 0 Å². The van der Waals surface area contributed by atoms with Gasteiger partial charge in [0.25, 0.3) is 0 Å². The normalized spacial score (nSPS) is 15.3. The second kappa shape index (κ2) is 14.7. The molecular formula is C64H46N2. The van der Waals surface area contributed by atoms with Crippen LogP contribution in [0.25, 0.3) is 44.5 Å². The van der Waals surface area contributed by atoms with Crippen LogP contribution >= 0.6 is 0 Å². The van der Waals surface area contributed by atoms with Gasteiger partial charge in [0.15, 0.2) is 0 Å². The van der Waals surface area contributed by atoms with E-state index in [2.05, 4.69) is 266 Å². The van der Waals surface area contributed by atoms with E-state index >= 15 is 0 Å². The summed E-state index contributed by atoms with van der Waals surface area (Å²) in [6.45, 7) is 4.75. The Kier molecular flexibility index (Phi) is 8.51. The predicted molar refractivity (Wildman–Crippen MR) is 275 cm³/mol. The average molecular weight is 843 g/mol. The van der Waals surface area contributed by atoms with E-state index in [0.717, 1.165) is 34.1 Å². The third-order valence-electron chi connectivity index (χ3n) is 14.6. The lowest BCUT2D eigenvalue weighted by Gasteiger charge is -2.33. The number of rotatable bonds is 7. The first kappa shape index (κ1) is 38.3. The fourth-order valence-corrected chi connectivity index (χ4v) is 11.7. The average Bonchev–Trinajstić information content (AvgIpc) is 3.93. The summed E-state index contributed by atoms with van der Waals surface area (Å²) in [4.78, 5) is 4.89. The van der Waals surface area contributed by atoms with Gasteiger partial charge < -0.3 is 9.80 Å². The maximum atomic E-state index is 2.52. The van der Waals surface area contributed by atoms with E-state index in [0.29, 0.717) is 0 Å².